The number of hydrogen-bond acceptors (Lipinski definition) is 3. The second-order valence-corrected chi connectivity index (χ2v) is 7.56. The minimum Gasteiger partial charge on any atom is -0.317 e. The minimum atomic E-state index is -3.07. The predicted molar refractivity (Wildman–Crippen MR) is 71.5 cm³/mol. The highest BCUT2D eigenvalue weighted by molar-refractivity contribution is 7.89. The number of rotatable bonds is 5. The fraction of sp³-hybridized carbons (Fsp3) is 1.00. The second kappa shape index (κ2) is 6.16. The van der Waals surface area contributed by atoms with Crippen LogP contribution in [0.5, 0.6) is 0 Å². The van der Waals surface area contributed by atoms with E-state index < -0.39 is 10.0 Å². The van der Waals surface area contributed by atoms with Crippen LogP contribution in [0.3, 0.4) is 0 Å². The Hall–Kier alpha value is -0.130. The van der Waals surface area contributed by atoms with E-state index in [2.05, 4.69) is 5.32 Å². The molecule has 1 rings (SSSR count). The van der Waals surface area contributed by atoms with Gasteiger partial charge in [0.05, 0.1) is 5.75 Å². The Morgan fingerprint density at radius 2 is 1.76 bits per heavy atom. The van der Waals surface area contributed by atoms with Crippen LogP contribution in [0.2, 0.25) is 0 Å². The van der Waals surface area contributed by atoms with Crippen LogP contribution in [0.1, 0.15) is 39.5 Å². The van der Waals surface area contributed by atoms with Gasteiger partial charge in [-0.15, -0.1) is 0 Å². The first-order chi connectivity index (χ1) is 7.86. The summed E-state index contributed by atoms with van der Waals surface area (Å²) in [6, 6.07) is 0.760. The monoisotopic (exact) mass is 262 g/mol. The summed E-state index contributed by atoms with van der Waals surface area (Å²) in [4.78, 5) is 0. The third-order valence-electron chi connectivity index (χ3n) is 3.60. The van der Waals surface area contributed by atoms with Gasteiger partial charge in [-0.25, -0.2) is 12.7 Å². The van der Waals surface area contributed by atoms with Crippen LogP contribution in [0.15, 0.2) is 0 Å². The number of nitrogens with one attached hydrogen (secondary N) is 1. The summed E-state index contributed by atoms with van der Waals surface area (Å²) in [7, 11) is 0.644. The fourth-order valence-electron chi connectivity index (χ4n) is 2.49. The molecular formula is C12H26N2O2S. The minimum absolute atomic E-state index is 0.191. The van der Waals surface area contributed by atoms with Crippen molar-refractivity contribution >= 4 is 10.0 Å². The smallest absolute Gasteiger partial charge is 0.214 e. The summed E-state index contributed by atoms with van der Waals surface area (Å²) < 4.78 is 25.8. The maximum Gasteiger partial charge on any atom is 0.214 e. The molecule has 0 aromatic carbocycles. The number of hydrogen-bond donors (Lipinski definition) is 1. The lowest BCUT2D eigenvalue weighted by Crippen LogP contribution is -2.43. The summed E-state index contributed by atoms with van der Waals surface area (Å²) >= 11 is 0. The predicted octanol–water partition coefficient (Wildman–Crippen LogP) is 1.43. The normalized spacial score (nSPS) is 26.7. The van der Waals surface area contributed by atoms with Crippen molar-refractivity contribution in [2.75, 3.05) is 19.8 Å². The maximum absolute atomic E-state index is 12.1. The van der Waals surface area contributed by atoms with Gasteiger partial charge in [0, 0.05) is 19.1 Å². The molecule has 0 saturated heterocycles. The Balaban J connectivity index is 2.56. The van der Waals surface area contributed by atoms with E-state index >= 15 is 0 Å². The van der Waals surface area contributed by atoms with Crippen molar-refractivity contribution in [2.24, 2.45) is 5.92 Å². The van der Waals surface area contributed by atoms with Gasteiger partial charge < -0.3 is 5.32 Å². The van der Waals surface area contributed by atoms with Crippen LogP contribution in [0, 0.1) is 5.92 Å². The van der Waals surface area contributed by atoms with E-state index in [-0.39, 0.29) is 17.7 Å². The number of nitrogens with zero attached hydrogens (tertiary/aromatic N) is 1. The third-order valence-corrected chi connectivity index (χ3v) is 5.87. The van der Waals surface area contributed by atoms with Gasteiger partial charge in [0.25, 0.3) is 0 Å². The molecule has 1 fully saturated rings. The van der Waals surface area contributed by atoms with Gasteiger partial charge in [-0.2, -0.15) is 0 Å². The molecule has 1 N–H and O–H groups in total. The first-order valence-electron chi connectivity index (χ1n) is 6.49. The van der Waals surface area contributed by atoms with Crippen molar-refractivity contribution in [3.63, 3.8) is 0 Å². The molecule has 0 heterocycles. The van der Waals surface area contributed by atoms with Gasteiger partial charge in [0.2, 0.25) is 10.0 Å². The molecule has 102 valence electrons. The molecule has 1 aliphatic carbocycles. The van der Waals surface area contributed by atoms with Gasteiger partial charge >= 0.3 is 0 Å². The zero-order chi connectivity index (χ0) is 13.1. The molecule has 5 heteroatoms. The first kappa shape index (κ1) is 14.9. The Morgan fingerprint density at radius 3 is 2.18 bits per heavy atom. The molecule has 0 aromatic heterocycles. The lowest BCUT2D eigenvalue weighted by molar-refractivity contribution is 0.254. The van der Waals surface area contributed by atoms with Gasteiger partial charge in [-0.3, -0.25) is 0 Å². The zero-order valence-corrected chi connectivity index (χ0v) is 12.3. The molecule has 0 amide bonds. The topological polar surface area (TPSA) is 49.4 Å². The van der Waals surface area contributed by atoms with E-state index in [1.807, 2.05) is 20.9 Å². The standard InChI is InChI=1S/C12H26N2O2S/c1-10(2)9-17(15,16)14(4)12-7-5-11(13-3)6-8-12/h10-13H,5-9H2,1-4H3. The van der Waals surface area contributed by atoms with Crippen molar-refractivity contribution in [1.29, 1.82) is 0 Å². The van der Waals surface area contributed by atoms with E-state index in [1.54, 1.807) is 11.4 Å². The largest absolute Gasteiger partial charge is 0.317 e. The van der Waals surface area contributed by atoms with Crippen LogP contribution in [0.25, 0.3) is 0 Å². The molecule has 0 aromatic rings. The summed E-state index contributed by atoms with van der Waals surface area (Å²) in [5.74, 6) is 0.450. The second-order valence-electron chi connectivity index (χ2n) is 5.48. The van der Waals surface area contributed by atoms with Crippen molar-refractivity contribution in [1.82, 2.24) is 9.62 Å². The molecular weight excluding hydrogens is 236 g/mol. The molecule has 0 radical (unpaired) electrons. The van der Waals surface area contributed by atoms with Gasteiger partial charge in [-0.1, -0.05) is 13.8 Å². The molecule has 1 saturated carbocycles. The van der Waals surface area contributed by atoms with Gasteiger partial charge in [0.1, 0.15) is 0 Å². The van der Waals surface area contributed by atoms with Crippen LogP contribution in [-0.4, -0.2) is 44.7 Å². The Bertz CT molecular complexity index is 319. The van der Waals surface area contributed by atoms with Crippen molar-refractivity contribution in [3.05, 3.63) is 0 Å². The molecule has 4 nitrogen and oxygen atoms in total. The van der Waals surface area contributed by atoms with E-state index in [9.17, 15) is 8.42 Å². The van der Waals surface area contributed by atoms with Crippen molar-refractivity contribution in [2.45, 2.75) is 51.6 Å². The Labute approximate surface area is 106 Å². The summed E-state index contributed by atoms with van der Waals surface area (Å²) in [5, 5.41) is 3.27. The highest BCUT2D eigenvalue weighted by Crippen LogP contribution is 2.24. The van der Waals surface area contributed by atoms with Crippen LogP contribution < -0.4 is 5.32 Å². The van der Waals surface area contributed by atoms with Crippen molar-refractivity contribution < 1.29 is 8.42 Å². The van der Waals surface area contributed by atoms with E-state index in [0.29, 0.717) is 6.04 Å². The van der Waals surface area contributed by atoms with Crippen molar-refractivity contribution in [3.8, 4) is 0 Å². The van der Waals surface area contributed by atoms with Crippen LogP contribution in [-0.2, 0) is 10.0 Å². The van der Waals surface area contributed by atoms with E-state index in [4.69, 9.17) is 0 Å². The first-order valence-corrected chi connectivity index (χ1v) is 8.10. The van der Waals surface area contributed by atoms with E-state index in [0.717, 1.165) is 25.7 Å². The molecule has 0 bridgehead atoms. The number of sulfonamides is 1. The highest BCUT2D eigenvalue weighted by Gasteiger charge is 2.30. The maximum atomic E-state index is 12.1. The summed E-state index contributed by atoms with van der Waals surface area (Å²) in [5.41, 5.74) is 0. The lowest BCUT2D eigenvalue weighted by Gasteiger charge is -2.34. The molecule has 17 heavy (non-hydrogen) atoms. The van der Waals surface area contributed by atoms with Crippen LogP contribution >= 0.6 is 0 Å². The fourth-order valence-corrected chi connectivity index (χ4v) is 4.24. The SMILES string of the molecule is CNC1CCC(N(C)S(=O)(=O)CC(C)C)CC1. The van der Waals surface area contributed by atoms with Crippen LogP contribution in [0.4, 0.5) is 0 Å². The average molecular weight is 262 g/mol. The highest BCUT2D eigenvalue weighted by atomic mass is 32.2. The summed E-state index contributed by atoms with van der Waals surface area (Å²) in [6.45, 7) is 3.90. The molecule has 1 aliphatic rings. The third kappa shape index (κ3) is 4.23. The van der Waals surface area contributed by atoms with Gasteiger partial charge in [-0.05, 0) is 38.6 Å². The summed E-state index contributed by atoms with van der Waals surface area (Å²) in [6.07, 6.45) is 4.09. The van der Waals surface area contributed by atoms with Gasteiger partial charge in [0.15, 0.2) is 0 Å². The molecule has 0 unspecified atom stereocenters. The Morgan fingerprint density at radius 1 is 1.24 bits per heavy atom. The quantitative estimate of drug-likeness (QED) is 0.815. The molecule has 0 atom stereocenters. The lowest BCUT2D eigenvalue weighted by atomic mass is 9.91. The Kier molecular flexibility index (Phi) is 5.41. The average Bonchev–Trinajstić information content (AvgIpc) is 2.26. The zero-order valence-electron chi connectivity index (χ0n) is 11.4. The van der Waals surface area contributed by atoms with E-state index in [1.165, 1.54) is 0 Å². The molecule has 0 aliphatic heterocycles. The molecule has 0 spiro atoms.